The summed E-state index contributed by atoms with van der Waals surface area (Å²) in [6, 6.07) is 3.50. The highest BCUT2D eigenvalue weighted by atomic mass is 35.5. The first-order chi connectivity index (χ1) is 6.33. The summed E-state index contributed by atoms with van der Waals surface area (Å²) in [4.78, 5) is 0. The molecular formula is C8H7ClN2O2. The minimum absolute atomic E-state index is 0.445. The van der Waals surface area contributed by atoms with Gasteiger partial charge in [0.2, 0.25) is 0 Å². The van der Waals surface area contributed by atoms with Crippen molar-refractivity contribution < 1.29 is 9.37 Å². The lowest BCUT2D eigenvalue weighted by Crippen LogP contribution is -1.92. The number of hydrogen-bond donors (Lipinski definition) is 0. The Kier molecular flexibility index (Phi) is 2.06. The maximum absolute atomic E-state index is 5.97. The zero-order valence-corrected chi connectivity index (χ0v) is 7.71. The predicted molar refractivity (Wildman–Crippen MR) is 48.0 cm³/mol. The van der Waals surface area contributed by atoms with Crippen LogP contribution in [0.4, 0.5) is 0 Å². The van der Waals surface area contributed by atoms with E-state index < -0.39 is 0 Å². The second-order valence-corrected chi connectivity index (χ2v) is 2.82. The molecule has 1 aromatic heterocycles. The van der Waals surface area contributed by atoms with Crippen LogP contribution in [0.2, 0.25) is 5.02 Å². The van der Waals surface area contributed by atoms with Crippen LogP contribution in [-0.2, 0) is 0 Å². The van der Waals surface area contributed by atoms with Gasteiger partial charge >= 0.3 is 0 Å². The summed E-state index contributed by atoms with van der Waals surface area (Å²) < 4.78 is 9.81. The van der Waals surface area contributed by atoms with Crippen LogP contribution in [-0.4, -0.2) is 16.9 Å². The van der Waals surface area contributed by atoms with Crippen molar-refractivity contribution in [2.45, 2.75) is 6.92 Å². The van der Waals surface area contributed by atoms with Crippen LogP contribution in [0.15, 0.2) is 16.8 Å². The number of nitrogens with zero attached hydrogens (tertiary/aromatic N) is 2. The smallest absolute Gasteiger partial charge is 0.157 e. The Morgan fingerprint density at radius 2 is 2.31 bits per heavy atom. The van der Waals surface area contributed by atoms with Crippen LogP contribution in [0, 0.1) is 0 Å². The van der Waals surface area contributed by atoms with E-state index in [2.05, 4.69) is 14.9 Å². The third-order valence-electron chi connectivity index (χ3n) is 1.63. The van der Waals surface area contributed by atoms with Crippen LogP contribution in [0.5, 0.6) is 5.75 Å². The van der Waals surface area contributed by atoms with E-state index in [0.29, 0.717) is 28.4 Å². The first kappa shape index (κ1) is 8.31. The number of fused-ring (bicyclic) bond motifs is 1. The molecule has 0 aliphatic rings. The average Bonchev–Trinajstić information content (AvgIpc) is 2.58. The van der Waals surface area contributed by atoms with E-state index in [4.69, 9.17) is 16.3 Å². The number of halogens is 1. The fraction of sp³-hybridized carbons (Fsp3) is 0.250. The molecule has 2 aromatic rings. The summed E-state index contributed by atoms with van der Waals surface area (Å²) in [5.41, 5.74) is 1.17. The van der Waals surface area contributed by atoms with Gasteiger partial charge in [-0.1, -0.05) is 11.6 Å². The Bertz CT molecular complexity index is 427. The zero-order chi connectivity index (χ0) is 9.26. The molecule has 13 heavy (non-hydrogen) atoms. The number of hydrogen-bond acceptors (Lipinski definition) is 4. The summed E-state index contributed by atoms with van der Waals surface area (Å²) in [5.74, 6) is 0.604. The van der Waals surface area contributed by atoms with E-state index >= 15 is 0 Å². The van der Waals surface area contributed by atoms with E-state index in [1.807, 2.05) is 6.92 Å². The molecule has 0 unspecified atom stereocenters. The molecular weight excluding hydrogens is 192 g/mol. The molecule has 0 radical (unpaired) electrons. The molecule has 5 heteroatoms. The lowest BCUT2D eigenvalue weighted by Gasteiger charge is -2.03. The third-order valence-corrected chi connectivity index (χ3v) is 2.00. The number of ether oxygens (including phenoxy) is 1. The van der Waals surface area contributed by atoms with Gasteiger partial charge in [-0.2, -0.15) is 0 Å². The maximum atomic E-state index is 5.97. The van der Waals surface area contributed by atoms with Crippen molar-refractivity contribution in [3.63, 3.8) is 0 Å². The molecule has 0 N–H and O–H groups in total. The van der Waals surface area contributed by atoms with E-state index in [1.54, 1.807) is 12.1 Å². The van der Waals surface area contributed by atoms with Crippen molar-refractivity contribution in [3.05, 3.63) is 17.2 Å². The molecule has 4 nitrogen and oxygen atoms in total. The summed E-state index contributed by atoms with van der Waals surface area (Å²) in [6.07, 6.45) is 0. The minimum Gasteiger partial charge on any atom is -0.492 e. The topological polar surface area (TPSA) is 48.2 Å². The number of rotatable bonds is 2. The van der Waals surface area contributed by atoms with Gasteiger partial charge in [-0.05, 0) is 29.4 Å². The van der Waals surface area contributed by atoms with Crippen LogP contribution in [0.1, 0.15) is 6.92 Å². The van der Waals surface area contributed by atoms with Gasteiger partial charge in [0.25, 0.3) is 0 Å². The highest BCUT2D eigenvalue weighted by molar-refractivity contribution is 6.36. The van der Waals surface area contributed by atoms with Gasteiger partial charge < -0.3 is 4.74 Å². The van der Waals surface area contributed by atoms with Crippen LogP contribution in [0.25, 0.3) is 11.0 Å². The fourth-order valence-corrected chi connectivity index (χ4v) is 1.32. The maximum Gasteiger partial charge on any atom is 0.157 e. The molecule has 0 aliphatic heterocycles. The van der Waals surface area contributed by atoms with Gasteiger partial charge in [0.15, 0.2) is 5.52 Å². The quantitative estimate of drug-likeness (QED) is 0.743. The van der Waals surface area contributed by atoms with Gasteiger partial charge in [0.1, 0.15) is 16.3 Å². The summed E-state index contributed by atoms with van der Waals surface area (Å²) in [7, 11) is 0. The molecule has 0 aliphatic carbocycles. The summed E-state index contributed by atoms with van der Waals surface area (Å²) in [6.45, 7) is 2.46. The highest BCUT2D eigenvalue weighted by Gasteiger charge is 2.10. The fourth-order valence-electron chi connectivity index (χ4n) is 1.07. The van der Waals surface area contributed by atoms with Crippen LogP contribution < -0.4 is 4.74 Å². The molecule has 0 spiro atoms. The molecule has 0 amide bonds. The number of aromatic nitrogens is 2. The Balaban J connectivity index is 2.59. The van der Waals surface area contributed by atoms with Crippen molar-refractivity contribution in [2.75, 3.05) is 6.61 Å². The van der Waals surface area contributed by atoms with E-state index in [0.717, 1.165) is 0 Å². The normalized spacial score (nSPS) is 10.6. The lowest BCUT2D eigenvalue weighted by atomic mass is 10.3. The zero-order valence-electron chi connectivity index (χ0n) is 6.95. The molecule has 0 saturated carbocycles. The van der Waals surface area contributed by atoms with Crippen molar-refractivity contribution in [1.82, 2.24) is 10.3 Å². The van der Waals surface area contributed by atoms with Gasteiger partial charge in [-0.15, -0.1) is 0 Å². The molecule has 1 aromatic carbocycles. The summed E-state index contributed by atoms with van der Waals surface area (Å²) in [5, 5.41) is 7.76. The first-order valence-corrected chi connectivity index (χ1v) is 4.24. The van der Waals surface area contributed by atoms with Crippen molar-refractivity contribution in [2.24, 2.45) is 0 Å². The Hall–Kier alpha value is -1.29. The van der Waals surface area contributed by atoms with E-state index in [9.17, 15) is 0 Å². The second-order valence-electron chi connectivity index (χ2n) is 2.44. The van der Waals surface area contributed by atoms with Crippen molar-refractivity contribution >= 4 is 22.6 Å². The van der Waals surface area contributed by atoms with E-state index in [1.165, 1.54) is 0 Å². The van der Waals surface area contributed by atoms with Crippen LogP contribution in [0.3, 0.4) is 0 Å². The molecule has 68 valence electrons. The van der Waals surface area contributed by atoms with Gasteiger partial charge in [-0.3, -0.25) is 0 Å². The summed E-state index contributed by atoms with van der Waals surface area (Å²) >= 11 is 5.97. The SMILES string of the molecule is CCOc1ccc2nonc2c1Cl. The molecule has 2 rings (SSSR count). The monoisotopic (exact) mass is 198 g/mol. The number of benzene rings is 1. The molecule has 1 heterocycles. The Morgan fingerprint density at radius 3 is 3.08 bits per heavy atom. The van der Waals surface area contributed by atoms with Gasteiger partial charge in [-0.25, -0.2) is 4.63 Å². The average molecular weight is 199 g/mol. The molecule has 0 bridgehead atoms. The Morgan fingerprint density at radius 1 is 1.46 bits per heavy atom. The lowest BCUT2D eigenvalue weighted by molar-refractivity contribution is 0.315. The van der Waals surface area contributed by atoms with Crippen molar-refractivity contribution in [1.29, 1.82) is 0 Å². The van der Waals surface area contributed by atoms with Crippen LogP contribution >= 0.6 is 11.6 Å². The standard InChI is InChI=1S/C8H7ClN2O2/c1-2-12-6-4-3-5-8(7(6)9)11-13-10-5/h3-4H,2H2,1H3. The largest absolute Gasteiger partial charge is 0.492 e. The van der Waals surface area contributed by atoms with Gasteiger partial charge in [0.05, 0.1) is 6.61 Å². The van der Waals surface area contributed by atoms with Gasteiger partial charge in [0, 0.05) is 0 Å². The predicted octanol–water partition coefficient (Wildman–Crippen LogP) is 2.27. The Labute approximate surface area is 79.4 Å². The minimum atomic E-state index is 0.445. The van der Waals surface area contributed by atoms with Crippen molar-refractivity contribution in [3.8, 4) is 5.75 Å². The molecule has 0 atom stereocenters. The van der Waals surface area contributed by atoms with E-state index in [-0.39, 0.29) is 0 Å². The highest BCUT2D eigenvalue weighted by Crippen LogP contribution is 2.30. The molecule has 0 fully saturated rings. The first-order valence-electron chi connectivity index (χ1n) is 3.86. The second kappa shape index (κ2) is 3.22. The molecule has 0 saturated heterocycles. The third kappa shape index (κ3) is 1.33.